The first kappa shape index (κ1) is 12.7. The Balaban J connectivity index is 2.96. The average Bonchev–Trinajstić information content (AvgIpc) is 2.20. The van der Waals surface area contributed by atoms with Crippen molar-refractivity contribution in [2.75, 3.05) is 5.75 Å². The van der Waals surface area contributed by atoms with Crippen molar-refractivity contribution in [3.8, 4) is 6.07 Å². The van der Waals surface area contributed by atoms with Gasteiger partial charge < -0.3 is 0 Å². The number of benzene rings is 1. The van der Waals surface area contributed by atoms with E-state index in [9.17, 15) is 12.8 Å². The van der Waals surface area contributed by atoms with E-state index >= 15 is 0 Å². The van der Waals surface area contributed by atoms with Gasteiger partial charge >= 0.3 is 0 Å². The molecule has 0 N–H and O–H groups in total. The number of nitrogens with zero attached hydrogens (tertiary/aromatic N) is 1. The lowest BCUT2D eigenvalue weighted by molar-refractivity contribution is 0.593. The van der Waals surface area contributed by atoms with Crippen molar-refractivity contribution in [2.24, 2.45) is 0 Å². The first-order chi connectivity index (χ1) is 7.48. The minimum atomic E-state index is -3.15. The molecule has 0 aliphatic carbocycles. The molecule has 0 atom stereocenters. The number of hydrogen-bond donors (Lipinski definition) is 0. The van der Waals surface area contributed by atoms with Crippen LogP contribution < -0.4 is 0 Å². The summed E-state index contributed by atoms with van der Waals surface area (Å²) >= 11 is 0. The van der Waals surface area contributed by atoms with Gasteiger partial charge in [-0.15, -0.1) is 0 Å². The molecule has 0 saturated carbocycles. The molecule has 0 aliphatic rings. The van der Waals surface area contributed by atoms with Crippen LogP contribution in [0.2, 0.25) is 0 Å². The van der Waals surface area contributed by atoms with Crippen molar-refractivity contribution in [2.45, 2.75) is 19.1 Å². The molecule has 3 nitrogen and oxygen atoms in total. The second-order valence-corrected chi connectivity index (χ2v) is 5.70. The zero-order valence-corrected chi connectivity index (χ0v) is 9.72. The zero-order chi connectivity index (χ0) is 12.2. The third-order valence-corrected chi connectivity index (χ3v) is 3.86. The number of halogens is 1. The van der Waals surface area contributed by atoms with E-state index in [0.717, 1.165) is 6.07 Å². The van der Waals surface area contributed by atoms with Crippen LogP contribution in [0.3, 0.4) is 0 Å². The molecule has 0 heterocycles. The summed E-state index contributed by atoms with van der Waals surface area (Å²) in [5.74, 6) is -0.665. The van der Waals surface area contributed by atoms with E-state index in [1.165, 1.54) is 12.1 Å². The van der Waals surface area contributed by atoms with Crippen LogP contribution in [0.4, 0.5) is 4.39 Å². The summed E-state index contributed by atoms with van der Waals surface area (Å²) in [6, 6.07) is 5.48. The van der Waals surface area contributed by atoms with Crippen LogP contribution in [0.25, 0.3) is 0 Å². The molecule has 16 heavy (non-hydrogen) atoms. The Labute approximate surface area is 94.4 Å². The monoisotopic (exact) mass is 241 g/mol. The smallest absolute Gasteiger partial charge is 0.154 e. The van der Waals surface area contributed by atoms with Gasteiger partial charge in [0, 0.05) is 0 Å². The van der Waals surface area contributed by atoms with Gasteiger partial charge in [0.05, 0.1) is 17.1 Å². The van der Waals surface area contributed by atoms with E-state index < -0.39 is 15.7 Å². The molecule has 5 heteroatoms. The molecule has 0 amide bonds. The highest BCUT2D eigenvalue weighted by atomic mass is 32.2. The quantitative estimate of drug-likeness (QED) is 0.810. The molecule has 0 spiro atoms. The molecule has 0 unspecified atom stereocenters. The minimum absolute atomic E-state index is 0.103. The summed E-state index contributed by atoms with van der Waals surface area (Å²) in [6.07, 6.45) is 0.550. The zero-order valence-electron chi connectivity index (χ0n) is 8.90. The van der Waals surface area contributed by atoms with Gasteiger partial charge in [-0.3, -0.25) is 0 Å². The molecule has 1 rings (SSSR count). The first-order valence-electron chi connectivity index (χ1n) is 4.87. The summed E-state index contributed by atoms with van der Waals surface area (Å²) in [6.45, 7) is 1.78. The number of hydrogen-bond acceptors (Lipinski definition) is 3. The van der Waals surface area contributed by atoms with E-state index in [0.29, 0.717) is 12.0 Å². The van der Waals surface area contributed by atoms with Crippen molar-refractivity contribution in [1.82, 2.24) is 0 Å². The first-order valence-corrected chi connectivity index (χ1v) is 6.69. The van der Waals surface area contributed by atoms with Crippen LogP contribution in [0.15, 0.2) is 18.2 Å². The van der Waals surface area contributed by atoms with Crippen molar-refractivity contribution < 1.29 is 12.8 Å². The summed E-state index contributed by atoms with van der Waals surface area (Å²) in [5, 5.41) is 8.61. The van der Waals surface area contributed by atoms with Crippen LogP contribution in [0.1, 0.15) is 24.5 Å². The summed E-state index contributed by atoms with van der Waals surface area (Å²) in [4.78, 5) is 0. The fraction of sp³-hybridized carbons (Fsp3) is 0.364. The topological polar surface area (TPSA) is 57.9 Å². The predicted octanol–water partition coefficient (Wildman–Crippen LogP) is 2.02. The Morgan fingerprint density at radius 3 is 2.69 bits per heavy atom. The Hall–Kier alpha value is -1.41. The second kappa shape index (κ2) is 5.08. The number of sulfone groups is 1. The van der Waals surface area contributed by atoms with E-state index in [1.807, 2.05) is 0 Å². The minimum Gasteiger partial charge on any atom is -0.228 e. The van der Waals surface area contributed by atoms with E-state index in [1.54, 1.807) is 13.0 Å². The third-order valence-electron chi connectivity index (χ3n) is 2.05. The summed E-state index contributed by atoms with van der Waals surface area (Å²) in [5.41, 5.74) is 0.329. The molecule has 0 aliphatic heterocycles. The maximum Gasteiger partial charge on any atom is 0.154 e. The molecule has 0 saturated heterocycles. The van der Waals surface area contributed by atoms with Gasteiger partial charge in [0.25, 0.3) is 0 Å². The van der Waals surface area contributed by atoms with Gasteiger partial charge in [0.15, 0.2) is 9.84 Å². The van der Waals surface area contributed by atoms with Crippen LogP contribution in [0, 0.1) is 17.1 Å². The van der Waals surface area contributed by atoms with Gasteiger partial charge in [-0.25, -0.2) is 12.8 Å². The largest absolute Gasteiger partial charge is 0.228 e. The maximum atomic E-state index is 13.0. The fourth-order valence-corrected chi connectivity index (χ4v) is 2.84. The van der Waals surface area contributed by atoms with Crippen LogP contribution in [-0.2, 0) is 15.6 Å². The molecule has 0 aromatic heterocycles. The van der Waals surface area contributed by atoms with E-state index in [4.69, 9.17) is 5.26 Å². The number of nitriles is 1. The number of rotatable bonds is 4. The summed E-state index contributed by atoms with van der Waals surface area (Å²) in [7, 11) is -3.15. The van der Waals surface area contributed by atoms with Crippen LogP contribution in [0.5, 0.6) is 0 Å². The molecule has 0 fully saturated rings. The van der Waals surface area contributed by atoms with Gasteiger partial charge in [-0.1, -0.05) is 13.0 Å². The Bertz CT molecular complexity index is 517. The standard InChI is InChI=1S/C11H12FNO2S/c1-2-5-16(14,15)8-9-3-4-11(12)10(6-9)7-13/h3-4,6H,2,5,8H2,1H3. The molecular formula is C11H12FNO2S. The van der Waals surface area contributed by atoms with Crippen molar-refractivity contribution >= 4 is 9.84 Å². The average molecular weight is 241 g/mol. The highest BCUT2D eigenvalue weighted by Gasteiger charge is 2.12. The molecule has 86 valence electrons. The van der Waals surface area contributed by atoms with E-state index in [2.05, 4.69) is 0 Å². The maximum absolute atomic E-state index is 13.0. The lowest BCUT2D eigenvalue weighted by Gasteiger charge is -2.03. The fourth-order valence-electron chi connectivity index (χ4n) is 1.38. The Morgan fingerprint density at radius 2 is 2.12 bits per heavy atom. The van der Waals surface area contributed by atoms with Crippen LogP contribution >= 0.6 is 0 Å². The van der Waals surface area contributed by atoms with Crippen LogP contribution in [-0.4, -0.2) is 14.2 Å². The Morgan fingerprint density at radius 1 is 1.44 bits per heavy atom. The predicted molar refractivity (Wildman–Crippen MR) is 58.9 cm³/mol. The second-order valence-electron chi connectivity index (χ2n) is 3.52. The lowest BCUT2D eigenvalue weighted by atomic mass is 10.1. The Kier molecular flexibility index (Phi) is 4.02. The highest BCUT2D eigenvalue weighted by molar-refractivity contribution is 7.90. The molecule has 1 aromatic carbocycles. The van der Waals surface area contributed by atoms with Gasteiger partial charge in [0.1, 0.15) is 11.9 Å². The molecular weight excluding hydrogens is 229 g/mol. The third kappa shape index (κ3) is 3.31. The van der Waals surface area contributed by atoms with Crippen molar-refractivity contribution in [3.63, 3.8) is 0 Å². The lowest BCUT2D eigenvalue weighted by Crippen LogP contribution is -2.08. The highest BCUT2D eigenvalue weighted by Crippen LogP contribution is 2.13. The van der Waals surface area contributed by atoms with Crippen molar-refractivity contribution in [1.29, 1.82) is 5.26 Å². The molecule has 0 bridgehead atoms. The van der Waals surface area contributed by atoms with Crippen molar-refractivity contribution in [3.05, 3.63) is 35.1 Å². The normalized spacial score (nSPS) is 11.1. The van der Waals surface area contributed by atoms with Gasteiger partial charge in [0.2, 0.25) is 0 Å². The summed E-state index contributed by atoms with van der Waals surface area (Å²) < 4.78 is 36.0. The molecule has 1 aromatic rings. The van der Waals surface area contributed by atoms with Gasteiger partial charge in [-0.05, 0) is 24.1 Å². The molecule has 0 radical (unpaired) electrons. The van der Waals surface area contributed by atoms with Gasteiger partial charge in [-0.2, -0.15) is 5.26 Å². The van der Waals surface area contributed by atoms with E-state index in [-0.39, 0.29) is 17.1 Å². The SMILES string of the molecule is CCCS(=O)(=O)Cc1ccc(F)c(C#N)c1.